The zero-order valence-electron chi connectivity index (χ0n) is 13.6. The Labute approximate surface area is 142 Å². The van der Waals surface area contributed by atoms with E-state index in [1.165, 1.54) is 6.07 Å². The molecule has 128 valence electrons. The summed E-state index contributed by atoms with van der Waals surface area (Å²) in [7, 11) is -3.43. The monoisotopic (exact) mass is 347 g/mol. The summed E-state index contributed by atoms with van der Waals surface area (Å²) >= 11 is 0. The third-order valence-electron chi connectivity index (χ3n) is 4.42. The van der Waals surface area contributed by atoms with E-state index in [4.69, 9.17) is 0 Å². The van der Waals surface area contributed by atoms with Crippen LogP contribution in [0, 0.1) is 0 Å². The molecule has 1 aromatic carbocycles. The summed E-state index contributed by atoms with van der Waals surface area (Å²) in [5, 5.41) is 4.26. The molecule has 3 rings (SSSR count). The maximum Gasteiger partial charge on any atom is 0.255 e. The van der Waals surface area contributed by atoms with Gasteiger partial charge in [-0.25, -0.2) is 8.42 Å². The Balaban J connectivity index is 1.87. The molecule has 7 heteroatoms. The van der Waals surface area contributed by atoms with E-state index in [1.807, 2.05) is 16.9 Å². The molecule has 1 amide bonds. The van der Waals surface area contributed by atoms with Crippen molar-refractivity contribution in [1.29, 1.82) is 0 Å². The summed E-state index contributed by atoms with van der Waals surface area (Å²) in [6, 6.07) is 8.47. The molecule has 6 nitrogen and oxygen atoms in total. The van der Waals surface area contributed by atoms with E-state index >= 15 is 0 Å². The number of carbonyl (C=O) groups excluding carboxylic acids is 1. The van der Waals surface area contributed by atoms with Crippen LogP contribution in [0.2, 0.25) is 0 Å². The summed E-state index contributed by atoms with van der Waals surface area (Å²) in [5.74, 6) is -0.243. The van der Waals surface area contributed by atoms with E-state index in [-0.39, 0.29) is 28.2 Å². The van der Waals surface area contributed by atoms with Gasteiger partial charge in [0.15, 0.2) is 9.84 Å². The number of sulfone groups is 1. The fourth-order valence-corrected chi connectivity index (χ4v) is 4.18. The van der Waals surface area contributed by atoms with E-state index in [1.54, 1.807) is 36.2 Å². The normalized spacial score (nSPS) is 18.5. The molecule has 0 N–H and O–H groups in total. The minimum absolute atomic E-state index is 0.0206. The average Bonchev–Trinajstić information content (AvgIpc) is 3.16. The molecule has 0 radical (unpaired) electrons. The SMILES string of the molecule is CCS(=O)(=O)c1ccccc1C(=O)N1CCC[C@@H](n2cccn2)C1. The van der Waals surface area contributed by atoms with Crippen LogP contribution in [0.1, 0.15) is 36.2 Å². The molecule has 1 aliphatic heterocycles. The highest BCUT2D eigenvalue weighted by molar-refractivity contribution is 7.91. The molecule has 0 unspecified atom stereocenters. The van der Waals surface area contributed by atoms with Gasteiger partial charge in [0.05, 0.1) is 22.3 Å². The molecule has 0 spiro atoms. The van der Waals surface area contributed by atoms with Gasteiger partial charge in [-0.3, -0.25) is 9.48 Å². The fourth-order valence-electron chi connectivity index (χ4n) is 3.09. The van der Waals surface area contributed by atoms with Crippen molar-refractivity contribution in [1.82, 2.24) is 14.7 Å². The average molecular weight is 347 g/mol. The number of likely N-dealkylation sites (tertiary alicyclic amines) is 1. The third-order valence-corrected chi connectivity index (χ3v) is 6.20. The lowest BCUT2D eigenvalue weighted by molar-refractivity contribution is 0.0669. The van der Waals surface area contributed by atoms with Crippen LogP contribution in [0.3, 0.4) is 0 Å². The van der Waals surface area contributed by atoms with Crippen molar-refractivity contribution in [2.45, 2.75) is 30.7 Å². The Morgan fingerprint density at radius 3 is 2.79 bits per heavy atom. The molecule has 1 fully saturated rings. The van der Waals surface area contributed by atoms with E-state index in [9.17, 15) is 13.2 Å². The highest BCUT2D eigenvalue weighted by atomic mass is 32.2. The lowest BCUT2D eigenvalue weighted by Crippen LogP contribution is -2.41. The highest BCUT2D eigenvalue weighted by Crippen LogP contribution is 2.24. The van der Waals surface area contributed by atoms with Crippen molar-refractivity contribution < 1.29 is 13.2 Å². The molecular weight excluding hydrogens is 326 g/mol. The Kier molecular flexibility index (Phi) is 4.71. The molecule has 0 saturated carbocycles. The molecule has 1 saturated heterocycles. The minimum atomic E-state index is -3.43. The summed E-state index contributed by atoms with van der Waals surface area (Å²) in [6.45, 7) is 2.77. The number of rotatable bonds is 4. The Bertz CT molecular complexity index is 815. The molecule has 24 heavy (non-hydrogen) atoms. The number of hydrogen-bond donors (Lipinski definition) is 0. The van der Waals surface area contributed by atoms with Crippen molar-refractivity contribution in [3.8, 4) is 0 Å². The van der Waals surface area contributed by atoms with Crippen molar-refractivity contribution in [2.24, 2.45) is 0 Å². The molecule has 2 aromatic rings. The van der Waals surface area contributed by atoms with Crippen molar-refractivity contribution in [3.63, 3.8) is 0 Å². The Morgan fingerprint density at radius 2 is 2.08 bits per heavy atom. The quantitative estimate of drug-likeness (QED) is 0.849. The zero-order chi connectivity index (χ0) is 17.2. The molecular formula is C17H21N3O3S. The first-order valence-corrected chi connectivity index (χ1v) is 9.78. The van der Waals surface area contributed by atoms with Crippen LogP contribution in [-0.2, 0) is 9.84 Å². The van der Waals surface area contributed by atoms with Gasteiger partial charge in [0, 0.05) is 25.5 Å². The van der Waals surface area contributed by atoms with E-state index in [0.717, 1.165) is 12.8 Å². The minimum Gasteiger partial charge on any atom is -0.336 e. The lowest BCUT2D eigenvalue weighted by atomic mass is 10.0. The van der Waals surface area contributed by atoms with Crippen molar-refractivity contribution >= 4 is 15.7 Å². The van der Waals surface area contributed by atoms with Gasteiger partial charge in [0.1, 0.15) is 0 Å². The molecule has 2 heterocycles. The van der Waals surface area contributed by atoms with Gasteiger partial charge in [-0.15, -0.1) is 0 Å². The van der Waals surface area contributed by atoms with Gasteiger partial charge in [-0.1, -0.05) is 19.1 Å². The standard InChI is InChI=1S/C17H21N3O3S/c1-2-24(22,23)16-9-4-3-8-15(16)17(21)19-11-5-7-14(13-19)20-12-6-10-18-20/h3-4,6,8-10,12,14H,2,5,7,11,13H2,1H3/t14-/m1/s1. The summed E-state index contributed by atoms with van der Waals surface area (Å²) in [6.07, 6.45) is 5.46. The lowest BCUT2D eigenvalue weighted by Gasteiger charge is -2.33. The molecule has 1 atom stereocenters. The molecule has 0 aliphatic carbocycles. The van der Waals surface area contributed by atoms with Crippen LogP contribution < -0.4 is 0 Å². The number of aromatic nitrogens is 2. The number of amides is 1. The first-order chi connectivity index (χ1) is 11.5. The third kappa shape index (κ3) is 3.21. The van der Waals surface area contributed by atoms with Gasteiger partial charge in [0.25, 0.3) is 5.91 Å². The van der Waals surface area contributed by atoms with Gasteiger partial charge >= 0.3 is 0 Å². The summed E-state index contributed by atoms with van der Waals surface area (Å²) in [5.41, 5.74) is 0.264. The molecule has 0 bridgehead atoms. The van der Waals surface area contributed by atoms with E-state index in [0.29, 0.717) is 13.1 Å². The van der Waals surface area contributed by atoms with Crippen LogP contribution in [-0.4, -0.2) is 47.8 Å². The van der Waals surface area contributed by atoms with Gasteiger partial charge in [-0.05, 0) is 31.0 Å². The number of piperidine rings is 1. The van der Waals surface area contributed by atoms with E-state index < -0.39 is 9.84 Å². The number of nitrogens with zero attached hydrogens (tertiary/aromatic N) is 3. The smallest absolute Gasteiger partial charge is 0.255 e. The highest BCUT2D eigenvalue weighted by Gasteiger charge is 2.29. The van der Waals surface area contributed by atoms with Crippen LogP contribution in [0.25, 0.3) is 0 Å². The Morgan fingerprint density at radius 1 is 1.29 bits per heavy atom. The number of benzene rings is 1. The van der Waals surface area contributed by atoms with Crippen molar-refractivity contribution in [2.75, 3.05) is 18.8 Å². The Hall–Kier alpha value is -2.15. The fraction of sp³-hybridized carbons (Fsp3) is 0.412. The van der Waals surface area contributed by atoms with Gasteiger partial charge in [-0.2, -0.15) is 5.10 Å². The number of carbonyl (C=O) groups is 1. The zero-order valence-corrected chi connectivity index (χ0v) is 14.4. The summed E-state index contributed by atoms with van der Waals surface area (Å²) < 4.78 is 26.4. The van der Waals surface area contributed by atoms with E-state index in [2.05, 4.69) is 5.10 Å². The molecule has 1 aromatic heterocycles. The number of hydrogen-bond acceptors (Lipinski definition) is 4. The van der Waals surface area contributed by atoms with Crippen LogP contribution in [0.4, 0.5) is 0 Å². The second-order valence-corrected chi connectivity index (χ2v) is 8.18. The van der Waals surface area contributed by atoms with Gasteiger partial charge in [0.2, 0.25) is 0 Å². The van der Waals surface area contributed by atoms with Crippen LogP contribution >= 0.6 is 0 Å². The first kappa shape index (κ1) is 16.7. The first-order valence-electron chi connectivity index (χ1n) is 8.13. The predicted octanol–water partition coefficient (Wildman–Crippen LogP) is 2.15. The second kappa shape index (κ2) is 6.76. The summed E-state index contributed by atoms with van der Waals surface area (Å²) in [4.78, 5) is 14.8. The topological polar surface area (TPSA) is 72.3 Å². The predicted molar refractivity (Wildman–Crippen MR) is 90.6 cm³/mol. The van der Waals surface area contributed by atoms with Crippen LogP contribution in [0.5, 0.6) is 0 Å². The van der Waals surface area contributed by atoms with Crippen LogP contribution in [0.15, 0.2) is 47.6 Å². The van der Waals surface area contributed by atoms with Gasteiger partial charge < -0.3 is 4.90 Å². The second-order valence-electron chi connectivity index (χ2n) is 5.93. The van der Waals surface area contributed by atoms with Crippen molar-refractivity contribution in [3.05, 3.63) is 48.3 Å². The molecule has 1 aliphatic rings. The maximum absolute atomic E-state index is 12.9. The maximum atomic E-state index is 12.9. The largest absolute Gasteiger partial charge is 0.336 e.